The maximum atomic E-state index is 12.5. The first kappa shape index (κ1) is 14.3. The number of hydrogen-bond donors (Lipinski definition) is 1. The maximum absolute atomic E-state index is 12.5. The number of hydrogen-bond acceptors (Lipinski definition) is 4. The molecule has 2 aromatic heterocycles. The van der Waals surface area contributed by atoms with Crippen molar-refractivity contribution >= 4 is 16.8 Å². The third kappa shape index (κ3) is 2.26. The summed E-state index contributed by atoms with van der Waals surface area (Å²) >= 11 is 0. The summed E-state index contributed by atoms with van der Waals surface area (Å²) in [4.78, 5) is 12.5. The topological polar surface area (TPSA) is 73.0 Å². The molecule has 2 heterocycles. The number of amides is 1. The molecule has 0 radical (unpaired) electrons. The van der Waals surface area contributed by atoms with Gasteiger partial charge in [-0.1, -0.05) is 18.2 Å². The zero-order valence-electron chi connectivity index (χ0n) is 13.1. The Morgan fingerprint density at radius 1 is 1.27 bits per heavy atom. The SMILES string of the molecule is Cc1nnc(CNC(=O)c2c(C)c3cccc(C)c3n2C)o1. The Bertz CT molecular complexity index is 861. The highest BCUT2D eigenvalue weighted by molar-refractivity contribution is 6.02. The molecule has 0 fully saturated rings. The maximum Gasteiger partial charge on any atom is 0.268 e. The second kappa shape index (κ2) is 5.29. The van der Waals surface area contributed by atoms with Crippen LogP contribution in [0.4, 0.5) is 0 Å². The fourth-order valence-electron chi connectivity index (χ4n) is 2.87. The second-order valence-corrected chi connectivity index (χ2v) is 5.40. The van der Waals surface area contributed by atoms with E-state index in [1.165, 1.54) is 0 Å². The first-order valence-electron chi connectivity index (χ1n) is 7.11. The molecule has 6 heteroatoms. The fourth-order valence-corrected chi connectivity index (χ4v) is 2.87. The van der Waals surface area contributed by atoms with Crippen molar-refractivity contribution in [1.29, 1.82) is 0 Å². The van der Waals surface area contributed by atoms with Crippen LogP contribution in [0, 0.1) is 20.8 Å². The minimum atomic E-state index is -0.147. The van der Waals surface area contributed by atoms with Crippen LogP contribution in [0.2, 0.25) is 0 Å². The Morgan fingerprint density at radius 3 is 2.68 bits per heavy atom. The summed E-state index contributed by atoms with van der Waals surface area (Å²) in [6, 6.07) is 6.09. The van der Waals surface area contributed by atoms with E-state index in [-0.39, 0.29) is 12.5 Å². The molecule has 0 aliphatic heterocycles. The first-order chi connectivity index (χ1) is 10.5. The average molecular weight is 298 g/mol. The van der Waals surface area contributed by atoms with Crippen molar-refractivity contribution in [2.45, 2.75) is 27.3 Å². The van der Waals surface area contributed by atoms with E-state index in [0.29, 0.717) is 17.5 Å². The highest BCUT2D eigenvalue weighted by Crippen LogP contribution is 2.27. The van der Waals surface area contributed by atoms with Crippen LogP contribution in [0.5, 0.6) is 0 Å². The Kier molecular flexibility index (Phi) is 3.44. The molecular weight excluding hydrogens is 280 g/mol. The highest BCUT2D eigenvalue weighted by Gasteiger charge is 2.19. The Balaban J connectivity index is 1.92. The molecule has 0 aliphatic rings. The van der Waals surface area contributed by atoms with Gasteiger partial charge in [-0.25, -0.2) is 0 Å². The van der Waals surface area contributed by atoms with Crippen molar-refractivity contribution in [2.24, 2.45) is 7.05 Å². The molecule has 0 saturated carbocycles. The molecular formula is C16H18N4O2. The van der Waals surface area contributed by atoms with Crippen LogP contribution in [0.3, 0.4) is 0 Å². The lowest BCUT2D eigenvalue weighted by molar-refractivity contribution is 0.0938. The van der Waals surface area contributed by atoms with E-state index >= 15 is 0 Å². The van der Waals surface area contributed by atoms with Gasteiger partial charge in [-0.3, -0.25) is 4.79 Å². The summed E-state index contributed by atoms with van der Waals surface area (Å²) in [6.07, 6.45) is 0. The summed E-state index contributed by atoms with van der Waals surface area (Å²) in [5.74, 6) is 0.741. The van der Waals surface area contributed by atoms with Crippen molar-refractivity contribution in [2.75, 3.05) is 0 Å². The normalized spacial score (nSPS) is 11.1. The molecule has 0 saturated heterocycles. The van der Waals surface area contributed by atoms with Gasteiger partial charge in [-0.05, 0) is 25.0 Å². The van der Waals surface area contributed by atoms with E-state index in [0.717, 1.165) is 22.0 Å². The van der Waals surface area contributed by atoms with E-state index < -0.39 is 0 Å². The van der Waals surface area contributed by atoms with E-state index in [1.54, 1.807) is 6.92 Å². The number of aryl methyl sites for hydroxylation is 4. The smallest absolute Gasteiger partial charge is 0.268 e. The predicted molar refractivity (Wildman–Crippen MR) is 82.6 cm³/mol. The van der Waals surface area contributed by atoms with Crippen molar-refractivity contribution < 1.29 is 9.21 Å². The Labute approximate surface area is 128 Å². The van der Waals surface area contributed by atoms with Gasteiger partial charge in [0.1, 0.15) is 5.69 Å². The molecule has 6 nitrogen and oxygen atoms in total. The number of carbonyl (C=O) groups excluding carboxylic acids is 1. The molecule has 0 spiro atoms. The van der Waals surface area contributed by atoms with Crippen molar-refractivity contribution in [3.63, 3.8) is 0 Å². The fraction of sp³-hybridized carbons (Fsp3) is 0.312. The second-order valence-electron chi connectivity index (χ2n) is 5.40. The van der Waals surface area contributed by atoms with Crippen molar-refractivity contribution in [3.05, 3.63) is 46.8 Å². The summed E-state index contributed by atoms with van der Waals surface area (Å²) < 4.78 is 7.20. The van der Waals surface area contributed by atoms with Gasteiger partial charge in [-0.2, -0.15) is 0 Å². The predicted octanol–water partition coefficient (Wildman–Crippen LogP) is 2.42. The minimum Gasteiger partial charge on any atom is -0.424 e. The van der Waals surface area contributed by atoms with Gasteiger partial charge in [0.15, 0.2) is 0 Å². The number of nitrogens with zero attached hydrogens (tertiary/aromatic N) is 3. The molecule has 1 amide bonds. The van der Waals surface area contributed by atoms with Gasteiger partial charge in [0, 0.05) is 19.4 Å². The van der Waals surface area contributed by atoms with E-state index in [1.807, 2.05) is 43.7 Å². The lowest BCUT2D eigenvalue weighted by atomic mass is 10.1. The number of fused-ring (bicyclic) bond motifs is 1. The van der Waals surface area contributed by atoms with Crippen molar-refractivity contribution in [3.8, 4) is 0 Å². The molecule has 0 aliphatic carbocycles. The summed E-state index contributed by atoms with van der Waals surface area (Å²) in [5, 5.41) is 11.6. The van der Waals surface area contributed by atoms with Gasteiger partial charge in [0.2, 0.25) is 11.8 Å². The number of benzene rings is 1. The number of para-hydroxylation sites is 1. The molecule has 0 bridgehead atoms. The quantitative estimate of drug-likeness (QED) is 0.806. The molecule has 0 unspecified atom stereocenters. The lowest BCUT2D eigenvalue weighted by Gasteiger charge is -2.06. The molecule has 3 rings (SSSR count). The van der Waals surface area contributed by atoms with Gasteiger partial charge in [0.05, 0.1) is 12.1 Å². The number of carbonyl (C=O) groups is 1. The molecule has 0 atom stereocenters. The third-order valence-electron chi connectivity index (χ3n) is 3.85. The van der Waals surface area contributed by atoms with Crippen LogP contribution in [0.15, 0.2) is 22.6 Å². The molecule has 22 heavy (non-hydrogen) atoms. The van der Waals surface area contributed by atoms with Crippen LogP contribution < -0.4 is 5.32 Å². The van der Waals surface area contributed by atoms with E-state index in [2.05, 4.69) is 15.5 Å². The largest absolute Gasteiger partial charge is 0.424 e. The van der Waals surface area contributed by atoms with Gasteiger partial charge >= 0.3 is 0 Å². The van der Waals surface area contributed by atoms with Crippen LogP contribution in [0.1, 0.15) is 33.4 Å². The molecule has 3 aromatic rings. The third-order valence-corrected chi connectivity index (χ3v) is 3.85. The highest BCUT2D eigenvalue weighted by atomic mass is 16.4. The van der Waals surface area contributed by atoms with Gasteiger partial charge < -0.3 is 14.3 Å². The van der Waals surface area contributed by atoms with Crippen LogP contribution in [-0.2, 0) is 13.6 Å². The Hall–Kier alpha value is -2.63. The summed E-state index contributed by atoms with van der Waals surface area (Å²) in [5.41, 5.74) is 3.86. The molecule has 1 aromatic carbocycles. The summed E-state index contributed by atoms with van der Waals surface area (Å²) in [6.45, 7) is 5.95. The minimum absolute atomic E-state index is 0.147. The zero-order chi connectivity index (χ0) is 15.9. The van der Waals surface area contributed by atoms with Crippen LogP contribution in [0.25, 0.3) is 10.9 Å². The standard InChI is InChI=1S/C16H18N4O2/c1-9-6-5-7-12-10(2)15(20(4)14(9)12)16(21)17-8-13-19-18-11(3)22-13/h5-7H,8H2,1-4H3,(H,17,21). The Morgan fingerprint density at radius 2 is 2.05 bits per heavy atom. The van der Waals surface area contributed by atoms with Gasteiger partial charge in [0.25, 0.3) is 5.91 Å². The first-order valence-corrected chi connectivity index (χ1v) is 7.11. The van der Waals surface area contributed by atoms with Crippen molar-refractivity contribution in [1.82, 2.24) is 20.1 Å². The number of nitrogens with one attached hydrogen (secondary N) is 1. The van der Waals surface area contributed by atoms with Gasteiger partial charge in [-0.15, -0.1) is 10.2 Å². The van der Waals surface area contributed by atoms with E-state index in [4.69, 9.17) is 4.42 Å². The van der Waals surface area contributed by atoms with E-state index in [9.17, 15) is 4.79 Å². The number of aromatic nitrogens is 3. The van der Waals surface area contributed by atoms with Crippen LogP contribution in [-0.4, -0.2) is 20.7 Å². The molecule has 1 N–H and O–H groups in total. The lowest BCUT2D eigenvalue weighted by Crippen LogP contribution is -2.25. The molecule has 114 valence electrons. The summed E-state index contributed by atoms with van der Waals surface area (Å²) in [7, 11) is 1.91. The zero-order valence-corrected chi connectivity index (χ0v) is 13.1. The average Bonchev–Trinajstić information content (AvgIpc) is 3.00. The van der Waals surface area contributed by atoms with Crippen LogP contribution >= 0.6 is 0 Å². The monoisotopic (exact) mass is 298 g/mol. The number of rotatable bonds is 3.